The quantitative estimate of drug-likeness (QED) is 0.251. The molecule has 2 heterocycles. The number of amidine groups is 1. The molecule has 1 aromatic heterocycles. The van der Waals surface area contributed by atoms with E-state index in [2.05, 4.69) is 10.6 Å². The number of ether oxygens (including phenoxy) is 1. The molecule has 3 aromatic rings. The summed E-state index contributed by atoms with van der Waals surface area (Å²) >= 11 is 2.89. The van der Waals surface area contributed by atoms with Gasteiger partial charge in [-0.15, -0.1) is 23.1 Å². The molecular weight excluding hydrogens is 498 g/mol. The third-order valence-corrected chi connectivity index (χ3v) is 7.35. The molecule has 4 rings (SSSR count). The van der Waals surface area contributed by atoms with Crippen LogP contribution in [-0.4, -0.2) is 52.7 Å². The minimum absolute atomic E-state index is 0.0219. The molecule has 2 aromatic carbocycles. The molecule has 186 valence electrons. The van der Waals surface area contributed by atoms with E-state index in [1.165, 1.54) is 28.0 Å². The molecule has 0 saturated carbocycles. The average Bonchev–Trinajstić information content (AvgIpc) is 3.57. The largest absolute Gasteiger partial charge is 0.457 e. The summed E-state index contributed by atoms with van der Waals surface area (Å²) in [6.07, 6.45) is 0. The molecule has 1 saturated heterocycles. The first-order valence-electron chi connectivity index (χ1n) is 11.1. The molecule has 1 atom stereocenters. The maximum atomic E-state index is 12.8. The normalized spacial score (nSPS) is 14.8. The Balaban J connectivity index is 1.26. The van der Waals surface area contributed by atoms with Crippen molar-refractivity contribution < 1.29 is 19.1 Å². The van der Waals surface area contributed by atoms with Crippen LogP contribution in [0.5, 0.6) is 11.5 Å². The molecule has 1 aliphatic rings. The molecule has 3 amide bonds. The number of nitrogens with two attached hydrogens (primary N) is 1. The lowest BCUT2D eigenvalue weighted by Crippen LogP contribution is -2.49. The fraction of sp³-hybridized carbons (Fsp3) is 0.200. The Labute approximate surface area is 216 Å². The Kier molecular flexibility index (Phi) is 8.24. The molecule has 1 unspecified atom stereocenters. The molecule has 0 aliphatic carbocycles. The minimum atomic E-state index is -0.610. The molecule has 1 aliphatic heterocycles. The van der Waals surface area contributed by atoms with E-state index in [9.17, 15) is 14.4 Å². The van der Waals surface area contributed by atoms with Gasteiger partial charge in [-0.25, -0.2) is 0 Å². The standard InChI is InChI=1S/C25H25N5O4S2/c26-23(27)17-10-20(36-13-17)11-28-25(33)21-14-35-15-30(21)22(31)12-29-24(32)16-6-8-19(9-7-16)34-18-4-2-1-3-5-18/h1-10,13,21H,11-12,14-15H2,(H3,26,27)(H,28,33)(H,29,32). The fourth-order valence-corrected chi connectivity index (χ4v) is 5.48. The third-order valence-electron chi connectivity index (χ3n) is 5.40. The van der Waals surface area contributed by atoms with Crippen LogP contribution in [0, 0.1) is 5.41 Å². The van der Waals surface area contributed by atoms with Gasteiger partial charge in [0.05, 0.1) is 19.0 Å². The highest BCUT2D eigenvalue weighted by Crippen LogP contribution is 2.23. The van der Waals surface area contributed by atoms with Gasteiger partial charge in [-0.05, 0) is 42.5 Å². The first-order chi connectivity index (χ1) is 17.4. The van der Waals surface area contributed by atoms with Crippen LogP contribution in [0.15, 0.2) is 66.0 Å². The topological polar surface area (TPSA) is 138 Å². The van der Waals surface area contributed by atoms with E-state index in [1.54, 1.807) is 35.7 Å². The van der Waals surface area contributed by atoms with Gasteiger partial charge in [0.15, 0.2) is 0 Å². The molecular formula is C25H25N5O4S2. The Morgan fingerprint density at radius 3 is 2.44 bits per heavy atom. The lowest BCUT2D eigenvalue weighted by atomic mass is 10.2. The molecule has 11 heteroatoms. The van der Waals surface area contributed by atoms with Crippen LogP contribution >= 0.6 is 23.1 Å². The summed E-state index contributed by atoms with van der Waals surface area (Å²) in [6.45, 7) is 0.0824. The Hall–Kier alpha value is -3.83. The highest BCUT2D eigenvalue weighted by Gasteiger charge is 2.34. The predicted octanol–water partition coefficient (Wildman–Crippen LogP) is 2.77. The van der Waals surface area contributed by atoms with Gasteiger partial charge in [0.2, 0.25) is 11.8 Å². The van der Waals surface area contributed by atoms with Crippen LogP contribution in [0.3, 0.4) is 0 Å². The number of nitrogens with one attached hydrogen (secondary N) is 3. The second kappa shape index (κ2) is 11.7. The number of benzene rings is 2. The number of nitrogens with zero attached hydrogens (tertiary/aromatic N) is 1. The van der Waals surface area contributed by atoms with Crippen molar-refractivity contribution in [1.82, 2.24) is 15.5 Å². The highest BCUT2D eigenvalue weighted by atomic mass is 32.2. The maximum Gasteiger partial charge on any atom is 0.251 e. The van der Waals surface area contributed by atoms with E-state index < -0.39 is 6.04 Å². The van der Waals surface area contributed by atoms with Gasteiger partial charge in [0, 0.05) is 27.1 Å². The average molecular weight is 524 g/mol. The van der Waals surface area contributed by atoms with Gasteiger partial charge >= 0.3 is 0 Å². The number of para-hydroxylation sites is 1. The van der Waals surface area contributed by atoms with Crippen LogP contribution in [0.4, 0.5) is 0 Å². The first kappa shape index (κ1) is 25.3. The van der Waals surface area contributed by atoms with Crippen molar-refractivity contribution in [3.05, 3.63) is 82.0 Å². The van der Waals surface area contributed by atoms with E-state index in [4.69, 9.17) is 15.9 Å². The number of carbonyl (C=O) groups is 3. The second-order valence-electron chi connectivity index (χ2n) is 7.93. The summed E-state index contributed by atoms with van der Waals surface area (Å²) in [5, 5.41) is 14.7. The van der Waals surface area contributed by atoms with Crippen molar-refractivity contribution in [3.8, 4) is 11.5 Å². The Bertz CT molecular complexity index is 1250. The van der Waals surface area contributed by atoms with Crippen LogP contribution in [0.2, 0.25) is 0 Å². The zero-order valence-corrected chi connectivity index (χ0v) is 20.9. The number of thiophene rings is 1. The van der Waals surface area contributed by atoms with Crippen molar-refractivity contribution in [2.45, 2.75) is 12.6 Å². The van der Waals surface area contributed by atoms with Crippen LogP contribution < -0.4 is 21.1 Å². The predicted molar refractivity (Wildman–Crippen MR) is 140 cm³/mol. The molecule has 9 nitrogen and oxygen atoms in total. The number of carbonyl (C=O) groups excluding carboxylic acids is 3. The van der Waals surface area contributed by atoms with Gasteiger partial charge < -0.3 is 26.0 Å². The highest BCUT2D eigenvalue weighted by molar-refractivity contribution is 7.99. The lowest BCUT2D eigenvalue weighted by molar-refractivity contribution is -0.137. The SMILES string of the molecule is N=C(N)c1csc(CNC(=O)C2CSCN2C(=O)CNC(=O)c2ccc(Oc3ccccc3)cc2)c1. The summed E-state index contributed by atoms with van der Waals surface area (Å²) in [4.78, 5) is 40.4. The molecule has 36 heavy (non-hydrogen) atoms. The lowest BCUT2D eigenvalue weighted by Gasteiger charge is -2.23. The number of hydrogen-bond acceptors (Lipinski definition) is 7. The van der Waals surface area contributed by atoms with Crippen LogP contribution in [0.1, 0.15) is 20.8 Å². The first-order valence-corrected chi connectivity index (χ1v) is 13.1. The number of hydrogen-bond donors (Lipinski definition) is 4. The second-order valence-corrected chi connectivity index (χ2v) is 9.93. The van der Waals surface area contributed by atoms with E-state index in [0.717, 1.165) is 4.88 Å². The van der Waals surface area contributed by atoms with Gasteiger partial charge in [0.1, 0.15) is 23.4 Å². The summed E-state index contributed by atoms with van der Waals surface area (Å²) in [5.74, 6) is 1.16. The molecule has 0 spiro atoms. The van der Waals surface area contributed by atoms with E-state index in [-0.39, 0.29) is 30.1 Å². The van der Waals surface area contributed by atoms with Gasteiger partial charge in [0.25, 0.3) is 5.91 Å². The van der Waals surface area contributed by atoms with E-state index in [0.29, 0.717) is 40.8 Å². The number of thioether (sulfide) groups is 1. The van der Waals surface area contributed by atoms with Crippen LogP contribution in [-0.2, 0) is 16.1 Å². The zero-order chi connectivity index (χ0) is 25.5. The molecule has 1 fully saturated rings. The maximum absolute atomic E-state index is 12.8. The van der Waals surface area contributed by atoms with Gasteiger partial charge in [-0.1, -0.05) is 18.2 Å². The summed E-state index contributed by atoms with van der Waals surface area (Å²) in [6, 6.07) is 17.1. The van der Waals surface area contributed by atoms with E-state index in [1.807, 2.05) is 30.3 Å². The van der Waals surface area contributed by atoms with Crippen molar-refractivity contribution in [3.63, 3.8) is 0 Å². The molecule has 5 N–H and O–H groups in total. The fourth-order valence-electron chi connectivity index (χ4n) is 3.47. The van der Waals surface area contributed by atoms with Crippen molar-refractivity contribution in [1.29, 1.82) is 5.41 Å². The van der Waals surface area contributed by atoms with Gasteiger partial charge in [-0.2, -0.15) is 0 Å². The van der Waals surface area contributed by atoms with Crippen LogP contribution in [0.25, 0.3) is 0 Å². The number of nitrogen functional groups attached to an aromatic ring is 1. The Morgan fingerprint density at radius 2 is 1.75 bits per heavy atom. The number of amides is 3. The minimum Gasteiger partial charge on any atom is -0.457 e. The zero-order valence-electron chi connectivity index (χ0n) is 19.2. The smallest absolute Gasteiger partial charge is 0.251 e. The monoisotopic (exact) mass is 523 g/mol. The number of rotatable bonds is 9. The van der Waals surface area contributed by atoms with Crippen molar-refractivity contribution in [2.75, 3.05) is 18.2 Å². The van der Waals surface area contributed by atoms with Crippen molar-refractivity contribution >= 4 is 46.7 Å². The van der Waals surface area contributed by atoms with Crippen molar-refractivity contribution in [2.24, 2.45) is 5.73 Å². The van der Waals surface area contributed by atoms with Gasteiger partial charge in [-0.3, -0.25) is 19.8 Å². The summed E-state index contributed by atoms with van der Waals surface area (Å²) in [7, 11) is 0. The molecule has 0 bridgehead atoms. The Morgan fingerprint density at radius 1 is 1.03 bits per heavy atom. The summed E-state index contributed by atoms with van der Waals surface area (Å²) < 4.78 is 5.73. The molecule has 0 radical (unpaired) electrons. The third kappa shape index (κ3) is 6.43. The summed E-state index contributed by atoms with van der Waals surface area (Å²) in [5.41, 5.74) is 6.49. The van der Waals surface area contributed by atoms with E-state index >= 15 is 0 Å².